The molecule has 33 heavy (non-hydrogen) atoms. The summed E-state index contributed by atoms with van der Waals surface area (Å²) in [6.07, 6.45) is -0.539. The van der Waals surface area contributed by atoms with Crippen molar-refractivity contribution < 1.29 is 24.2 Å². The van der Waals surface area contributed by atoms with Gasteiger partial charge in [0.05, 0.1) is 12.2 Å². The molecule has 0 bridgehead atoms. The fourth-order valence-electron chi connectivity index (χ4n) is 3.06. The quantitative estimate of drug-likeness (QED) is 0.383. The Morgan fingerprint density at radius 3 is 2.21 bits per heavy atom. The van der Waals surface area contributed by atoms with Gasteiger partial charge in [0.25, 0.3) is 0 Å². The molecule has 0 fully saturated rings. The summed E-state index contributed by atoms with van der Waals surface area (Å²) < 4.78 is 12.4. The van der Waals surface area contributed by atoms with Gasteiger partial charge in [-0.25, -0.2) is 9.59 Å². The van der Waals surface area contributed by atoms with E-state index in [0.29, 0.717) is 5.69 Å². The second-order valence-corrected chi connectivity index (χ2v) is 9.37. The molecule has 0 unspecified atom stereocenters. The first-order valence-electron chi connectivity index (χ1n) is 10.4. The molecule has 3 rings (SSSR count). The monoisotopic (exact) mass is 511 g/mol. The molecule has 172 valence electrons. The van der Waals surface area contributed by atoms with Gasteiger partial charge >= 0.3 is 12.1 Å². The molecule has 0 aliphatic carbocycles. The third kappa shape index (κ3) is 7.08. The number of carbonyl (C=O) groups excluding carboxylic acids is 1. The van der Waals surface area contributed by atoms with Gasteiger partial charge in [-0.05, 0) is 56.2 Å². The van der Waals surface area contributed by atoms with Gasteiger partial charge in [0, 0.05) is 10.5 Å². The standard InChI is InChI=1S/C26H26BrNO5/c1-26(2,3)33-25(31)28(16-18-9-11-20(27)12-10-18)21-13-14-22(24(29)30)23(15-21)32-17-19-7-5-4-6-8-19/h4-15H,16-17H2,1-3H3,(H,29,30). The van der Waals surface area contributed by atoms with Crippen molar-refractivity contribution in [2.75, 3.05) is 4.90 Å². The summed E-state index contributed by atoms with van der Waals surface area (Å²) in [4.78, 5) is 26.3. The maximum absolute atomic E-state index is 13.1. The van der Waals surface area contributed by atoms with Crippen molar-refractivity contribution >= 4 is 33.7 Å². The number of rotatable bonds is 7. The fraction of sp³-hybridized carbons (Fsp3) is 0.231. The first-order valence-corrected chi connectivity index (χ1v) is 11.2. The van der Waals surface area contributed by atoms with Crippen molar-refractivity contribution in [3.8, 4) is 5.75 Å². The first kappa shape index (κ1) is 24.3. The summed E-state index contributed by atoms with van der Waals surface area (Å²) in [7, 11) is 0. The highest BCUT2D eigenvalue weighted by Gasteiger charge is 2.25. The van der Waals surface area contributed by atoms with Crippen molar-refractivity contribution in [3.63, 3.8) is 0 Å². The van der Waals surface area contributed by atoms with Crippen molar-refractivity contribution in [1.29, 1.82) is 0 Å². The molecule has 0 aliphatic heterocycles. The molecule has 0 heterocycles. The lowest BCUT2D eigenvalue weighted by atomic mass is 10.1. The van der Waals surface area contributed by atoms with Gasteiger partial charge in [-0.1, -0.05) is 58.4 Å². The minimum atomic E-state index is -1.11. The zero-order chi connectivity index (χ0) is 24.0. The van der Waals surface area contributed by atoms with E-state index in [9.17, 15) is 14.7 Å². The van der Waals surface area contributed by atoms with E-state index in [0.717, 1.165) is 15.6 Å². The molecule has 0 atom stereocenters. The molecule has 0 radical (unpaired) electrons. The Balaban J connectivity index is 1.95. The van der Waals surface area contributed by atoms with Crippen LogP contribution >= 0.6 is 15.9 Å². The second-order valence-electron chi connectivity index (χ2n) is 8.45. The minimum absolute atomic E-state index is 0.0162. The average molecular weight is 512 g/mol. The van der Waals surface area contributed by atoms with Crippen LogP contribution in [0.15, 0.2) is 77.3 Å². The third-order valence-corrected chi connectivity index (χ3v) is 5.14. The number of aromatic carboxylic acids is 1. The summed E-state index contributed by atoms with van der Waals surface area (Å²) in [6.45, 7) is 5.83. The lowest BCUT2D eigenvalue weighted by Gasteiger charge is -2.28. The van der Waals surface area contributed by atoms with Crippen LogP contribution < -0.4 is 9.64 Å². The SMILES string of the molecule is CC(C)(C)OC(=O)N(Cc1ccc(Br)cc1)c1ccc(C(=O)O)c(OCc2ccccc2)c1. The molecule has 3 aromatic carbocycles. The van der Waals surface area contributed by atoms with E-state index in [-0.39, 0.29) is 24.5 Å². The summed E-state index contributed by atoms with van der Waals surface area (Å²) in [5, 5.41) is 9.63. The smallest absolute Gasteiger partial charge is 0.415 e. The van der Waals surface area contributed by atoms with Crippen LogP contribution in [0.3, 0.4) is 0 Å². The molecular formula is C26H26BrNO5. The summed E-state index contributed by atoms with van der Waals surface area (Å²) in [5.74, 6) is -0.936. The van der Waals surface area contributed by atoms with Crippen molar-refractivity contribution in [2.24, 2.45) is 0 Å². The van der Waals surface area contributed by atoms with E-state index >= 15 is 0 Å². The number of halogens is 1. The van der Waals surface area contributed by atoms with Crippen molar-refractivity contribution in [1.82, 2.24) is 0 Å². The molecule has 0 saturated heterocycles. The van der Waals surface area contributed by atoms with Crippen LogP contribution in [0, 0.1) is 0 Å². The summed E-state index contributed by atoms with van der Waals surface area (Å²) >= 11 is 3.42. The summed E-state index contributed by atoms with van der Waals surface area (Å²) in [5.41, 5.74) is 1.59. The Kier molecular flexibility index (Phi) is 7.76. The molecule has 0 aliphatic rings. The predicted molar refractivity (Wildman–Crippen MR) is 131 cm³/mol. The molecular weight excluding hydrogens is 486 g/mol. The number of ether oxygens (including phenoxy) is 2. The maximum atomic E-state index is 13.1. The fourth-order valence-corrected chi connectivity index (χ4v) is 3.33. The predicted octanol–water partition coefficient (Wildman–Crippen LogP) is 6.67. The zero-order valence-electron chi connectivity index (χ0n) is 18.7. The Labute approximate surface area is 201 Å². The molecule has 1 N–H and O–H groups in total. The number of hydrogen-bond acceptors (Lipinski definition) is 4. The first-order chi connectivity index (χ1) is 15.6. The van der Waals surface area contributed by atoms with E-state index in [1.165, 1.54) is 11.0 Å². The van der Waals surface area contributed by atoms with Crippen molar-refractivity contribution in [3.05, 3.63) is 94.0 Å². The molecule has 1 amide bonds. The van der Waals surface area contributed by atoms with Crippen LogP contribution in [0.2, 0.25) is 0 Å². The maximum Gasteiger partial charge on any atom is 0.415 e. The zero-order valence-corrected chi connectivity index (χ0v) is 20.3. The van der Waals surface area contributed by atoms with Crippen LogP contribution in [0.1, 0.15) is 42.3 Å². The number of amides is 1. The molecule has 0 aromatic heterocycles. The van der Waals surface area contributed by atoms with Crippen LogP contribution in [0.5, 0.6) is 5.75 Å². The Morgan fingerprint density at radius 2 is 1.61 bits per heavy atom. The topological polar surface area (TPSA) is 76.1 Å². The van der Waals surface area contributed by atoms with E-state index in [1.54, 1.807) is 32.9 Å². The Hall–Kier alpha value is -3.32. The number of carboxylic acids is 1. The lowest BCUT2D eigenvalue weighted by Crippen LogP contribution is -2.36. The van der Waals surface area contributed by atoms with Crippen LogP contribution in [-0.4, -0.2) is 22.8 Å². The molecule has 0 spiro atoms. The Morgan fingerprint density at radius 1 is 0.939 bits per heavy atom. The van der Waals surface area contributed by atoms with Gasteiger partial charge in [-0.2, -0.15) is 0 Å². The largest absolute Gasteiger partial charge is 0.488 e. The third-order valence-electron chi connectivity index (χ3n) is 4.61. The second kappa shape index (κ2) is 10.5. The van der Waals surface area contributed by atoms with Gasteiger partial charge in [0.2, 0.25) is 0 Å². The molecule has 3 aromatic rings. The van der Waals surface area contributed by atoms with E-state index < -0.39 is 17.7 Å². The van der Waals surface area contributed by atoms with Gasteiger partial charge in [0.1, 0.15) is 23.5 Å². The molecule has 7 heteroatoms. The minimum Gasteiger partial charge on any atom is -0.488 e. The number of anilines is 1. The van der Waals surface area contributed by atoms with Gasteiger partial charge in [0.15, 0.2) is 0 Å². The average Bonchev–Trinajstić information content (AvgIpc) is 2.76. The lowest BCUT2D eigenvalue weighted by molar-refractivity contribution is 0.0577. The van der Waals surface area contributed by atoms with E-state index in [4.69, 9.17) is 9.47 Å². The van der Waals surface area contributed by atoms with Crippen LogP contribution in [0.25, 0.3) is 0 Å². The van der Waals surface area contributed by atoms with Crippen molar-refractivity contribution in [2.45, 2.75) is 39.5 Å². The number of benzene rings is 3. The Bertz CT molecular complexity index is 1110. The number of hydrogen-bond donors (Lipinski definition) is 1. The number of carbonyl (C=O) groups is 2. The summed E-state index contributed by atoms with van der Waals surface area (Å²) in [6, 6.07) is 21.6. The number of carboxylic acid groups (broad SMARTS) is 1. The van der Waals surface area contributed by atoms with Crippen LogP contribution in [-0.2, 0) is 17.9 Å². The molecule has 0 saturated carbocycles. The van der Waals surface area contributed by atoms with Crippen LogP contribution in [0.4, 0.5) is 10.5 Å². The molecule has 6 nitrogen and oxygen atoms in total. The highest BCUT2D eigenvalue weighted by molar-refractivity contribution is 9.10. The van der Waals surface area contributed by atoms with Gasteiger partial charge < -0.3 is 14.6 Å². The highest BCUT2D eigenvalue weighted by atomic mass is 79.9. The highest BCUT2D eigenvalue weighted by Crippen LogP contribution is 2.29. The van der Waals surface area contributed by atoms with E-state index in [1.807, 2.05) is 54.6 Å². The van der Waals surface area contributed by atoms with Gasteiger partial charge in [-0.3, -0.25) is 4.90 Å². The van der Waals surface area contributed by atoms with Gasteiger partial charge in [-0.15, -0.1) is 0 Å². The van der Waals surface area contributed by atoms with E-state index in [2.05, 4.69) is 15.9 Å². The number of nitrogens with zero attached hydrogens (tertiary/aromatic N) is 1. The normalized spacial score (nSPS) is 11.0.